The molecule has 3 heterocycles. The maximum Gasteiger partial charge on any atom is 1.00 e. The smallest absolute Gasteiger partial charge is 0.550 e. The number of carbonyl (C=O) groups excluding carboxylic acids is 1. The molecule has 0 N–H and O–H groups in total. The van der Waals surface area contributed by atoms with Crippen LogP contribution in [0.5, 0.6) is 11.6 Å². The molecular weight excluding hydrogens is 658 g/mol. The van der Waals surface area contributed by atoms with E-state index in [1.54, 1.807) is 47.2 Å². The van der Waals surface area contributed by atoms with Gasteiger partial charge in [-0.25, -0.2) is 13.4 Å². The van der Waals surface area contributed by atoms with Crippen LogP contribution in [0.4, 0.5) is 0 Å². The fraction of sp³-hybridized carbons (Fsp3) is 0.306. The number of aliphatic carboxylic acids is 1. The van der Waals surface area contributed by atoms with Gasteiger partial charge in [0.25, 0.3) is 0 Å². The minimum Gasteiger partial charge on any atom is -0.550 e. The van der Waals surface area contributed by atoms with Crippen LogP contribution < -0.4 is 44.1 Å². The predicted octanol–water partition coefficient (Wildman–Crippen LogP) is 2.93. The number of hydrogen-bond donors (Lipinski definition) is 0. The van der Waals surface area contributed by atoms with Gasteiger partial charge in [-0.15, -0.1) is 11.8 Å². The molecule has 0 saturated heterocycles. The van der Waals surface area contributed by atoms with Gasteiger partial charge in [0.1, 0.15) is 16.4 Å². The zero-order valence-corrected chi connectivity index (χ0v) is 31.9. The zero-order chi connectivity index (χ0) is 34.0. The van der Waals surface area contributed by atoms with Gasteiger partial charge in [-0.05, 0) is 67.8 Å². The predicted molar refractivity (Wildman–Crippen MR) is 183 cm³/mol. The molecule has 0 amide bonds. The number of methoxy groups -OCH3 is 1. The number of fused-ring (bicyclic) bond motifs is 1. The van der Waals surface area contributed by atoms with E-state index in [0.717, 1.165) is 33.3 Å². The van der Waals surface area contributed by atoms with Gasteiger partial charge in [-0.1, -0.05) is 44.2 Å². The van der Waals surface area contributed by atoms with Crippen LogP contribution in [0.25, 0.3) is 22.0 Å². The Hall–Kier alpha value is -3.35. The number of aromatic nitrogens is 3. The number of hydrogen-bond acceptors (Lipinski definition) is 9. The summed E-state index contributed by atoms with van der Waals surface area (Å²) in [5.74, 6) is -0.0677. The van der Waals surface area contributed by atoms with Gasteiger partial charge >= 0.3 is 29.6 Å². The number of carboxylic acid groups (broad SMARTS) is 1. The quantitative estimate of drug-likeness (QED) is 0.135. The topological polar surface area (TPSA) is 123 Å². The molecule has 0 unspecified atom stereocenters. The summed E-state index contributed by atoms with van der Waals surface area (Å²) in [4.78, 5) is 21.6. The van der Waals surface area contributed by atoms with Gasteiger partial charge in [0.2, 0.25) is 5.88 Å². The molecule has 5 aromatic rings. The summed E-state index contributed by atoms with van der Waals surface area (Å²) >= 11 is 1.21. The van der Waals surface area contributed by atoms with Crippen molar-refractivity contribution < 1.29 is 57.3 Å². The molecule has 0 atom stereocenters. The van der Waals surface area contributed by atoms with Crippen LogP contribution in [0, 0.1) is 5.41 Å². The Kier molecular flexibility index (Phi) is 11.7. The SMILES string of the molecule is COc1ccc(-c2ccc(Cn3c(CC(C)(C)C(=O)[O-])c(SC(C)(C)S(C)(=O)=O)c4cc(OCc5ccccn5)ccc43)cc2)cn1.[Na+]. The van der Waals surface area contributed by atoms with Crippen molar-refractivity contribution in [3.05, 3.63) is 102 Å². The Morgan fingerprint density at radius 2 is 1.67 bits per heavy atom. The van der Waals surface area contributed by atoms with Crippen molar-refractivity contribution in [3.8, 4) is 22.8 Å². The standard InChI is InChI=1S/C36H39N3O6S2.Na/c1-35(2,34(40)41)20-31-33(46-36(3,4)47(6,42)43)29-19-28(45-23-27-9-7-8-18-37-27)15-16-30(29)39(31)22-24-10-12-25(13-11-24)26-14-17-32(44-5)38-21-26;/h7-19,21H,20,22-23H2,1-6H3,(H,40,41);/q;+1/p-1. The minimum absolute atomic E-state index is 0. The maximum atomic E-state index is 12.9. The molecule has 3 aromatic heterocycles. The second-order valence-electron chi connectivity index (χ2n) is 12.6. The normalized spacial score (nSPS) is 12.0. The summed E-state index contributed by atoms with van der Waals surface area (Å²) in [6.07, 6.45) is 4.79. The fourth-order valence-electron chi connectivity index (χ4n) is 5.03. The Morgan fingerprint density at radius 1 is 0.958 bits per heavy atom. The van der Waals surface area contributed by atoms with Gasteiger partial charge in [-0.3, -0.25) is 4.98 Å². The molecule has 2 aromatic carbocycles. The molecule has 246 valence electrons. The minimum atomic E-state index is -3.52. The fourth-order valence-corrected chi connectivity index (χ4v) is 6.95. The molecule has 0 aliphatic carbocycles. The van der Waals surface area contributed by atoms with Crippen LogP contribution in [0.1, 0.15) is 44.6 Å². The number of rotatable bonds is 13. The van der Waals surface area contributed by atoms with Crippen molar-refractivity contribution in [1.82, 2.24) is 14.5 Å². The summed E-state index contributed by atoms with van der Waals surface area (Å²) in [5, 5.41) is 13.1. The van der Waals surface area contributed by atoms with E-state index in [9.17, 15) is 18.3 Å². The third kappa shape index (κ3) is 8.44. The number of sulfone groups is 1. The van der Waals surface area contributed by atoms with Gasteiger partial charge in [0.05, 0.1) is 12.8 Å². The summed E-state index contributed by atoms with van der Waals surface area (Å²) < 4.78 is 38.0. The van der Waals surface area contributed by atoms with E-state index in [1.165, 1.54) is 18.0 Å². The molecule has 0 bridgehead atoms. The van der Waals surface area contributed by atoms with Crippen LogP contribution in [-0.2, 0) is 34.2 Å². The third-order valence-electron chi connectivity index (χ3n) is 8.18. The Labute approximate surface area is 308 Å². The van der Waals surface area contributed by atoms with E-state index >= 15 is 0 Å². The average Bonchev–Trinajstić information content (AvgIpc) is 3.30. The average molecular weight is 696 g/mol. The number of carboxylic acids is 1. The first-order chi connectivity index (χ1) is 22.2. The van der Waals surface area contributed by atoms with Crippen molar-refractivity contribution in [2.24, 2.45) is 5.41 Å². The molecule has 0 fully saturated rings. The monoisotopic (exact) mass is 695 g/mol. The molecular formula is C36H38N3NaO6S2. The summed E-state index contributed by atoms with van der Waals surface area (Å²) in [6.45, 7) is 7.25. The van der Waals surface area contributed by atoms with Crippen LogP contribution in [0.3, 0.4) is 0 Å². The second-order valence-corrected chi connectivity index (χ2v) is 17.0. The van der Waals surface area contributed by atoms with E-state index in [2.05, 4.69) is 14.5 Å². The van der Waals surface area contributed by atoms with E-state index < -0.39 is 25.3 Å². The van der Waals surface area contributed by atoms with Crippen LogP contribution in [0.2, 0.25) is 0 Å². The van der Waals surface area contributed by atoms with E-state index in [4.69, 9.17) is 9.47 Å². The number of benzene rings is 2. The van der Waals surface area contributed by atoms with Crippen molar-refractivity contribution in [2.75, 3.05) is 13.4 Å². The van der Waals surface area contributed by atoms with Crippen LogP contribution in [0.15, 0.2) is 90.1 Å². The molecule has 0 aliphatic heterocycles. The first-order valence-electron chi connectivity index (χ1n) is 15.1. The van der Waals surface area contributed by atoms with Crippen LogP contribution >= 0.6 is 11.8 Å². The van der Waals surface area contributed by atoms with Gasteiger partial charge in [-0.2, -0.15) is 0 Å². The zero-order valence-electron chi connectivity index (χ0n) is 28.3. The first kappa shape index (κ1) is 37.5. The Bertz CT molecular complexity index is 1990. The van der Waals surface area contributed by atoms with Gasteiger partial charge in [0.15, 0.2) is 9.84 Å². The van der Waals surface area contributed by atoms with Crippen molar-refractivity contribution in [2.45, 2.75) is 56.2 Å². The first-order valence-corrected chi connectivity index (χ1v) is 17.8. The Balaban J connectivity index is 0.00000520. The largest absolute Gasteiger partial charge is 1.00 e. The third-order valence-corrected chi connectivity index (χ3v) is 12.3. The van der Waals surface area contributed by atoms with Gasteiger partial charge < -0.3 is 23.9 Å². The molecule has 12 heteroatoms. The van der Waals surface area contributed by atoms with Crippen molar-refractivity contribution in [1.29, 1.82) is 0 Å². The second kappa shape index (κ2) is 15.0. The number of nitrogens with zero attached hydrogens (tertiary/aromatic N) is 3. The summed E-state index contributed by atoms with van der Waals surface area (Å²) in [6, 6.07) is 23.1. The Morgan fingerprint density at radius 3 is 2.25 bits per heavy atom. The number of ether oxygens (including phenoxy) is 2. The van der Waals surface area contributed by atoms with Crippen molar-refractivity contribution in [3.63, 3.8) is 0 Å². The number of thioether (sulfide) groups is 1. The number of pyridine rings is 2. The molecule has 0 spiro atoms. The summed E-state index contributed by atoms with van der Waals surface area (Å²) in [5.41, 5.74) is 3.98. The molecule has 0 aliphatic rings. The summed E-state index contributed by atoms with van der Waals surface area (Å²) in [7, 11) is -1.94. The van der Waals surface area contributed by atoms with Crippen molar-refractivity contribution >= 4 is 38.5 Å². The van der Waals surface area contributed by atoms with E-state index in [1.807, 2.05) is 72.8 Å². The maximum absolute atomic E-state index is 12.9. The molecule has 5 rings (SSSR count). The molecule has 9 nitrogen and oxygen atoms in total. The number of carbonyl (C=O) groups is 1. The van der Waals surface area contributed by atoms with Crippen LogP contribution in [-0.4, -0.2) is 46.4 Å². The molecule has 48 heavy (non-hydrogen) atoms. The van der Waals surface area contributed by atoms with E-state index in [0.29, 0.717) is 28.8 Å². The molecule has 0 saturated carbocycles. The van der Waals surface area contributed by atoms with E-state index in [-0.39, 0.29) is 42.6 Å². The molecule has 0 radical (unpaired) electrons. The van der Waals surface area contributed by atoms with Gasteiger partial charge in [0, 0.05) is 69.7 Å².